The maximum atomic E-state index is 5.98. The highest BCUT2D eigenvalue weighted by Crippen LogP contribution is 2.62. The van der Waals surface area contributed by atoms with Gasteiger partial charge in [-0.05, 0) is 36.8 Å². The molecule has 0 aliphatic heterocycles. The quantitative estimate of drug-likeness (QED) is 0.894. The van der Waals surface area contributed by atoms with Gasteiger partial charge >= 0.3 is 0 Å². The molecule has 2 atom stereocenters. The van der Waals surface area contributed by atoms with Crippen LogP contribution in [0.25, 0.3) is 11.3 Å². The summed E-state index contributed by atoms with van der Waals surface area (Å²) in [5, 5.41) is 3.97. The van der Waals surface area contributed by atoms with Crippen LogP contribution in [0.4, 0.5) is 5.82 Å². The van der Waals surface area contributed by atoms with E-state index in [1.165, 1.54) is 25.7 Å². The first-order valence-corrected chi connectivity index (χ1v) is 7.02. The van der Waals surface area contributed by atoms with Crippen LogP contribution < -0.4 is 5.73 Å². The lowest BCUT2D eigenvalue weighted by Gasteiger charge is -2.04. The average molecular weight is 255 g/mol. The molecule has 4 heteroatoms. The van der Waals surface area contributed by atoms with Gasteiger partial charge in [0.1, 0.15) is 0 Å². The molecule has 0 amide bonds. The van der Waals surface area contributed by atoms with Crippen molar-refractivity contribution in [2.75, 3.05) is 5.73 Å². The second kappa shape index (κ2) is 4.08. The van der Waals surface area contributed by atoms with Crippen LogP contribution in [0.15, 0.2) is 28.9 Å². The van der Waals surface area contributed by atoms with Crippen LogP contribution in [0.3, 0.4) is 0 Å². The molecule has 98 valence electrons. The minimum Gasteiger partial charge on any atom is -0.380 e. The van der Waals surface area contributed by atoms with Gasteiger partial charge in [-0.25, -0.2) is 0 Å². The first-order valence-electron chi connectivity index (χ1n) is 7.02. The van der Waals surface area contributed by atoms with Crippen molar-refractivity contribution in [3.63, 3.8) is 0 Å². The van der Waals surface area contributed by atoms with Crippen molar-refractivity contribution in [2.24, 2.45) is 11.8 Å². The molecule has 2 heterocycles. The average Bonchev–Trinajstić information content (AvgIpc) is 3.07. The number of hydrogen-bond donors (Lipinski definition) is 1. The molecule has 4 rings (SSSR count). The topological polar surface area (TPSA) is 64.9 Å². The lowest BCUT2D eigenvalue weighted by atomic mass is 10.0. The Morgan fingerprint density at radius 3 is 2.63 bits per heavy atom. The van der Waals surface area contributed by atoms with E-state index in [-0.39, 0.29) is 0 Å². The van der Waals surface area contributed by atoms with Gasteiger partial charge in [-0.1, -0.05) is 24.1 Å². The van der Waals surface area contributed by atoms with Crippen LogP contribution in [0.1, 0.15) is 37.4 Å². The lowest BCUT2D eigenvalue weighted by Crippen LogP contribution is -1.92. The third-order valence-electron chi connectivity index (χ3n) is 4.63. The highest BCUT2D eigenvalue weighted by molar-refractivity contribution is 5.73. The molecular formula is C15H17N3O. The molecule has 2 aromatic rings. The molecule has 0 saturated heterocycles. The minimum atomic E-state index is 0.470. The van der Waals surface area contributed by atoms with Crippen molar-refractivity contribution in [3.05, 3.63) is 30.2 Å². The summed E-state index contributed by atoms with van der Waals surface area (Å²) < 4.78 is 5.55. The normalized spacial score (nSPS) is 28.9. The van der Waals surface area contributed by atoms with Crippen molar-refractivity contribution in [2.45, 2.75) is 31.6 Å². The zero-order chi connectivity index (χ0) is 12.8. The maximum absolute atomic E-state index is 5.98. The summed E-state index contributed by atoms with van der Waals surface area (Å²) in [6, 6.07) is 5.85. The number of hydrogen-bond acceptors (Lipinski definition) is 4. The number of nitrogens with zero attached hydrogens (tertiary/aromatic N) is 2. The van der Waals surface area contributed by atoms with E-state index in [0.29, 0.717) is 11.7 Å². The van der Waals surface area contributed by atoms with E-state index in [2.05, 4.69) is 10.1 Å². The summed E-state index contributed by atoms with van der Waals surface area (Å²) in [5.74, 6) is 3.52. The summed E-state index contributed by atoms with van der Waals surface area (Å²) in [7, 11) is 0. The summed E-state index contributed by atoms with van der Waals surface area (Å²) >= 11 is 0. The number of aromatic nitrogens is 2. The van der Waals surface area contributed by atoms with Crippen molar-refractivity contribution in [1.82, 2.24) is 10.1 Å². The monoisotopic (exact) mass is 255 g/mol. The van der Waals surface area contributed by atoms with Gasteiger partial charge in [0.2, 0.25) is 0 Å². The molecule has 2 N–H and O–H groups in total. The number of nitrogen functional groups attached to an aromatic ring is 1. The molecular weight excluding hydrogens is 238 g/mol. The standard InChI is InChI=1S/C15H17N3O/c16-15-13(11-7-3-4-8-17-11)14(19-18-15)12-9-5-1-2-6-10(9)12/h3-4,7-10,12H,1-2,5-6H2,(H2,16,18). The van der Waals surface area contributed by atoms with Crippen LogP contribution in [0.2, 0.25) is 0 Å². The predicted molar refractivity (Wildman–Crippen MR) is 72.3 cm³/mol. The minimum absolute atomic E-state index is 0.470. The van der Waals surface area contributed by atoms with E-state index >= 15 is 0 Å². The third kappa shape index (κ3) is 1.66. The van der Waals surface area contributed by atoms with Gasteiger partial charge in [0.15, 0.2) is 11.6 Å². The summed E-state index contributed by atoms with van der Waals surface area (Å²) in [4.78, 5) is 4.39. The molecule has 2 aromatic heterocycles. The van der Waals surface area contributed by atoms with Crippen LogP contribution in [-0.2, 0) is 0 Å². The zero-order valence-corrected chi connectivity index (χ0v) is 10.7. The summed E-state index contributed by atoms with van der Waals surface area (Å²) in [5.41, 5.74) is 7.78. The molecule has 2 unspecified atom stereocenters. The molecule has 0 spiro atoms. The Labute approximate surface area is 112 Å². The molecule has 19 heavy (non-hydrogen) atoms. The van der Waals surface area contributed by atoms with Crippen molar-refractivity contribution >= 4 is 5.82 Å². The summed E-state index contributed by atoms with van der Waals surface area (Å²) in [6.07, 6.45) is 7.11. The van der Waals surface area contributed by atoms with Crippen LogP contribution in [-0.4, -0.2) is 10.1 Å². The number of nitrogens with two attached hydrogens (primary N) is 1. The van der Waals surface area contributed by atoms with Gasteiger partial charge in [0, 0.05) is 12.1 Å². The predicted octanol–water partition coefficient (Wildman–Crippen LogP) is 3.22. The Morgan fingerprint density at radius 1 is 1.16 bits per heavy atom. The molecule has 4 nitrogen and oxygen atoms in total. The van der Waals surface area contributed by atoms with E-state index in [1.807, 2.05) is 18.2 Å². The van der Waals surface area contributed by atoms with E-state index in [4.69, 9.17) is 10.3 Å². The lowest BCUT2D eigenvalue weighted by molar-refractivity contribution is 0.381. The molecule has 0 aromatic carbocycles. The van der Waals surface area contributed by atoms with Gasteiger partial charge < -0.3 is 10.3 Å². The summed E-state index contributed by atoms with van der Waals surface area (Å²) in [6.45, 7) is 0. The van der Waals surface area contributed by atoms with E-state index in [1.54, 1.807) is 6.20 Å². The number of pyridine rings is 1. The maximum Gasteiger partial charge on any atom is 0.176 e. The smallest absolute Gasteiger partial charge is 0.176 e. The Balaban J connectivity index is 1.75. The molecule has 2 aliphatic carbocycles. The van der Waals surface area contributed by atoms with E-state index < -0.39 is 0 Å². The second-order valence-corrected chi connectivity index (χ2v) is 5.66. The number of anilines is 1. The molecule has 2 fully saturated rings. The highest BCUT2D eigenvalue weighted by atomic mass is 16.5. The first kappa shape index (κ1) is 11.0. The van der Waals surface area contributed by atoms with E-state index in [9.17, 15) is 0 Å². The first-order chi connectivity index (χ1) is 9.36. The van der Waals surface area contributed by atoms with Gasteiger partial charge in [0.05, 0.1) is 11.3 Å². The molecule has 0 radical (unpaired) electrons. The third-order valence-corrected chi connectivity index (χ3v) is 4.63. The molecule has 0 bridgehead atoms. The van der Waals surface area contributed by atoms with Gasteiger partial charge in [0.25, 0.3) is 0 Å². The van der Waals surface area contributed by atoms with Crippen molar-refractivity contribution in [1.29, 1.82) is 0 Å². The zero-order valence-electron chi connectivity index (χ0n) is 10.7. The van der Waals surface area contributed by atoms with Crippen LogP contribution >= 0.6 is 0 Å². The Morgan fingerprint density at radius 2 is 1.95 bits per heavy atom. The van der Waals surface area contributed by atoms with Crippen LogP contribution in [0.5, 0.6) is 0 Å². The van der Waals surface area contributed by atoms with Crippen LogP contribution in [0, 0.1) is 11.8 Å². The SMILES string of the molecule is Nc1noc(C2C3CCCCC32)c1-c1ccccn1. The van der Waals surface area contributed by atoms with Crippen molar-refractivity contribution < 1.29 is 4.52 Å². The van der Waals surface area contributed by atoms with Crippen molar-refractivity contribution in [3.8, 4) is 11.3 Å². The fourth-order valence-corrected chi connectivity index (χ4v) is 3.69. The fraction of sp³-hybridized carbons (Fsp3) is 0.467. The fourth-order valence-electron chi connectivity index (χ4n) is 3.69. The Bertz CT molecular complexity index is 581. The van der Waals surface area contributed by atoms with E-state index in [0.717, 1.165) is 28.9 Å². The second-order valence-electron chi connectivity index (χ2n) is 5.66. The van der Waals surface area contributed by atoms with Gasteiger partial charge in [-0.3, -0.25) is 4.98 Å². The largest absolute Gasteiger partial charge is 0.380 e. The highest BCUT2D eigenvalue weighted by Gasteiger charge is 2.54. The Kier molecular flexibility index (Phi) is 2.37. The Hall–Kier alpha value is -1.84. The molecule has 2 aliphatic rings. The van der Waals surface area contributed by atoms with Gasteiger partial charge in [-0.2, -0.15) is 0 Å². The number of fused-ring (bicyclic) bond motifs is 1. The van der Waals surface area contributed by atoms with Gasteiger partial charge in [-0.15, -0.1) is 0 Å². The number of rotatable bonds is 2. The molecule has 2 saturated carbocycles.